The van der Waals surface area contributed by atoms with Crippen LogP contribution in [-0.2, 0) is 20.7 Å². The van der Waals surface area contributed by atoms with Gasteiger partial charge < -0.3 is 14.8 Å². The molecule has 1 N–H and O–H groups in total. The first-order valence-electron chi connectivity index (χ1n) is 10.9. The summed E-state index contributed by atoms with van der Waals surface area (Å²) in [5, 5.41) is 3.44. The molecule has 0 heterocycles. The van der Waals surface area contributed by atoms with Gasteiger partial charge in [-0.25, -0.2) is 0 Å². The fraction of sp³-hybridized carbons (Fsp3) is 0.462. The molecule has 0 saturated heterocycles. The van der Waals surface area contributed by atoms with E-state index in [1.165, 1.54) is 0 Å². The second kappa shape index (κ2) is 11.5. The van der Waals surface area contributed by atoms with Crippen LogP contribution in [-0.4, -0.2) is 25.1 Å². The van der Waals surface area contributed by atoms with Crippen molar-refractivity contribution in [1.29, 1.82) is 0 Å². The van der Waals surface area contributed by atoms with Gasteiger partial charge in [-0.15, -0.1) is 0 Å². The zero-order valence-corrected chi connectivity index (χ0v) is 19.4. The fourth-order valence-corrected chi connectivity index (χ4v) is 3.13. The molecule has 5 nitrogen and oxygen atoms in total. The summed E-state index contributed by atoms with van der Waals surface area (Å²) in [6.07, 6.45) is 2.16. The van der Waals surface area contributed by atoms with E-state index >= 15 is 0 Å². The van der Waals surface area contributed by atoms with Crippen molar-refractivity contribution in [2.24, 2.45) is 5.41 Å². The summed E-state index contributed by atoms with van der Waals surface area (Å²) in [5.74, 6) is 0.277. The summed E-state index contributed by atoms with van der Waals surface area (Å²) in [5.41, 5.74) is 4.09. The molecule has 168 valence electrons. The summed E-state index contributed by atoms with van der Waals surface area (Å²) in [7, 11) is 0. The third-order valence-corrected chi connectivity index (χ3v) is 5.22. The van der Waals surface area contributed by atoms with E-state index in [1.807, 2.05) is 63.2 Å². The van der Waals surface area contributed by atoms with Crippen LogP contribution in [0.15, 0.2) is 42.5 Å². The Morgan fingerprint density at radius 3 is 2.35 bits per heavy atom. The van der Waals surface area contributed by atoms with Gasteiger partial charge in [-0.2, -0.15) is 0 Å². The average molecular weight is 426 g/mol. The zero-order valence-electron chi connectivity index (χ0n) is 19.4. The van der Waals surface area contributed by atoms with Crippen LogP contribution in [0.4, 0.5) is 5.69 Å². The Bertz CT molecular complexity index is 871. The average Bonchev–Trinajstić information content (AvgIpc) is 2.73. The molecule has 31 heavy (non-hydrogen) atoms. The highest BCUT2D eigenvalue weighted by Crippen LogP contribution is 2.25. The normalized spacial score (nSPS) is 11.1. The van der Waals surface area contributed by atoms with E-state index in [9.17, 15) is 9.59 Å². The van der Waals surface area contributed by atoms with Crippen LogP contribution < -0.4 is 10.1 Å². The topological polar surface area (TPSA) is 64.6 Å². The van der Waals surface area contributed by atoms with Crippen molar-refractivity contribution < 1.29 is 19.1 Å². The highest BCUT2D eigenvalue weighted by molar-refractivity contribution is 5.73. The molecule has 0 saturated carbocycles. The lowest BCUT2D eigenvalue weighted by atomic mass is 9.87. The number of hydrogen-bond donors (Lipinski definition) is 1. The lowest BCUT2D eigenvalue weighted by Crippen LogP contribution is -2.25. The maximum Gasteiger partial charge on any atom is 0.311 e. The lowest BCUT2D eigenvalue weighted by molar-refractivity contribution is -0.143. The number of ether oxygens (including phenoxy) is 2. The Kier molecular flexibility index (Phi) is 9.10. The first kappa shape index (κ1) is 24.4. The number of nitrogens with one attached hydrogen (secondary N) is 1. The van der Waals surface area contributed by atoms with E-state index in [0.29, 0.717) is 31.6 Å². The van der Waals surface area contributed by atoms with E-state index in [-0.39, 0.29) is 17.4 Å². The van der Waals surface area contributed by atoms with Gasteiger partial charge in [-0.3, -0.25) is 9.59 Å². The number of anilines is 1. The standard InChI is InChI=1S/C26H35NO4/c1-6-30-24(28)14-11-21-9-12-22(13-10-21)27-18-26(4,5)16-15-25(29)31-23-17-19(2)7-8-20(23)3/h7-10,12-13,17,27H,6,11,14-16,18H2,1-5H3. The summed E-state index contributed by atoms with van der Waals surface area (Å²) >= 11 is 0. The maximum atomic E-state index is 12.3. The van der Waals surface area contributed by atoms with E-state index in [2.05, 4.69) is 19.2 Å². The highest BCUT2D eigenvalue weighted by atomic mass is 16.5. The van der Waals surface area contributed by atoms with E-state index in [1.54, 1.807) is 0 Å². The molecule has 0 aliphatic carbocycles. The number of hydrogen-bond acceptors (Lipinski definition) is 5. The molecule has 0 aromatic heterocycles. The van der Waals surface area contributed by atoms with Crippen LogP contribution >= 0.6 is 0 Å². The highest BCUT2D eigenvalue weighted by Gasteiger charge is 2.20. The molecule has 2 aromatic rings. The van der Waals surface area contributed by atoms with Gasteiger partial charge in [0.15, 0.2) is 0 Å². The van der Waals surface area contributed by atoms with Crippen molar-refractivity contribution in [1.82, 2.24) is 0 Å². The van der Waals surface area contributed by atoms with E-state index in [4.69, 9.17) is 9.47 Å². The Balaban J connectivity index is 1.77. The van der Waals surface area contributed by atoms with Crippen molar-refractivity contribution >= 4 is 17.6 Å². The molecular weight excluding hydrogens is 390 g/mol. The molecule has 5 heteroatoms. The van der Waals surface area contributed by atoms with E-state index < -0.39 is 0 Å². The second-order valence-electron chi connectivity index (χ2n) is 8.76. The van der Waals surface area contributed by atoms with Gasteiger partial charge in [0, 0.05) is 25.1 Å². The van der Waals surface area contributed by atoms with Crippen molar-refractivity contribution in [3.05, 3.63) is 59.2 Å². The van der Waals surface area contributed by atoms with Gasteiger partial charge in [0.1, 0.15) is 5.75 Å². The summed E-state index contributed by atoms with van der Waals surface area (Å²) < 4.78 is 10.5. The maximum absolute atomic E-state index is 12.3. The molecule has 0 bridgehead atoms. The third-order valence-electron chi connectivity index (χ3n) is 5.22. The van der Waals surface area contributed by atoms with Crippen LogP contribution in [0.2, 0.25) is 0 Å². The number of rotatable bonds is 11. The van der Waals surface area contributed by atoms with Gasteiger partial charge in [0.05, 0.1) is 6.61 Å². The Morgan fingerprint density at radius 2 is 1.68 bits per heavy atom. The Morgan fingerprint density at radius 1 is 0.968 bits per heavy atom. The molecule has 0 radical (unpaired) electrons. The molecular formula is C26H35NO4. The summed E-state index contributed by atoms with van der Waals surface area (Å²) in [6.45, 7) is 11.2. The van der Waals surface area contributed by atoms with Crippen molar-refractivity contribution in [2.75, 3.05) is 18.5 Å². The predicted molar refractivity (Wildman–Crippen MR) is 124 cm³/mol. The first-order chi connectivity index (χ1) is 14.7. The summed E-state index contributed by atoms with van der Waals surface area (Å²) in [4.78, 5) is 23.8. The SMILES string of the molecule is CCOC(=O)CCc1ccc(NCC(C)(C)CCC(=O)Oc2cc(C)ccc2C)cc1. The summed E-state index contributed by atoms with van der Waals surface area (Å²) in [6, 6.07) is 14.0. The second-order valence-corrected chi connectivity index (χ2v) is 8.76. The zero-order chi connectivity index (χ0) is 22.9. The molecule has 0 fully saturated rings. The Labute approximate surface area is 186 Å². The van der Waals surface area contributed by atoms with Gasteiger partial charge in [0.2, 0.25) is 0 Å². The predicted octanol–water partition coefficient (Wildman–Crippen LogP) is 5.62. The van der Waals surface area contributed by atoms with Crippen LogP contribution in [0.25, 0.3) is 0 Å². The number of carbonyl (C=O) groups excluding carboxylic acids is 2. The molecule has 0 aliphatic heterocycles. The minimum absolute atomic E-state index is 0.0662. The third kappa shape index (κ3) is 8.83. The first-order valence-corrected chi connectivity index (χ1v) is 10.9. The van der Waals surface area contributed by atoms with Crippen LogP contribution in [0.1, 0.15) is 56.7 Å². The molecule has 0 aliphatic rings. The Hall–Kier alpha value is -2.82. The number of carbonyl (C=O) groups is 2. The molecule has 0 unspecified atom stereocenters. The van der Waals surface area contributed by atoms with Gasteiger partial charge in [0.25, 0.3) is 0 Å². The van der Waals surface area contributed by atoms with Gasteiger partial charge >= 0.3 is 11.9 Å². The molecule has 2 rings (SSSR count). The van der Waals surface area contributed by atoms with Crippen LogP contribution in [0, 0.1) is 19.3 Å². The van der Waals surface area contributed by atoms with Crippen molar-refractivity contribution in [3.8, 4) is 5.75 Å². The van der Waals surface area contributed by atoms with Crippen LogP contribution in [0.3, 0.4) is 0 Å². The largest absolute Gasteiger partial charge is 0.466 e. The molecule has 0 amide bonds. The minimum atomic E-state index is -0.201. The molecule has 2 aromatic carbocycles. The van der Waals surface area contributed by atoms with E-state index in [0.717, 1.165) is 35.3 Å². The van der Waals surface area contributed by atoms with Gasteiger partial charge in [-0.1, -0.05) is 38.1 Å². The monoisotopic (exact) mass is 425 g/mol. The quantitative estimate of drug-likeness (QED) is 0.374. The van der Waals surface area contributed by atoms with Crippen LogP contribution in [0.5, 0.6) is 5.75 Å². The number of benzene rings is 2. The van der Waals surface area contributed by atoms with Crippen molar-refractivity contribution in [2.45, 2.75) is 60.3 Å². The lowest BCUT2D eigenvalue weighted by Gasteiger charge is -2.25. The van der Waals surface area contributed by atoms with Crippen molar-refractivity contribution in [3.63, 3.8) is 0 Å². The number of esters is 2. The molecule has 0 spiro atoms. The van der Waals surface area contributed by atoms with Gasteiger partial charge in [-0.05, 0) is 73.9 Å². The minimum Gasteiger partial charge on any atom is -0.466 e. The fourth-order valence-electron chi connectivity index (χ4n) is 3.13. The molecule has 0 atom stereocenters. The smallest absolute Gasteiger partial charge is 0.311 e. The number of aryl methyl sites for hydroxylation is 3.